The van der Waals surface area contributed by atoms with Crippen LogP contribution >= 0.6 is 0 Å². The van der Waals surface area contributed by atoms with Crippen molar-refractivity contribution in [2.45, 2.75) is 45.6 Å². The molecule has 0 fully saturated rings. The quantitative estimate of drug-likeness (QED) is 0.619. The van der Waals surface area contributed by atoms with Gasteiger partial charge in [-0.05, 0) is 31.6 Å². The number of nitrogens with two attached hydrogens (primary N) is 1. The third-order valence-corrected chi connectivity index (χ3v) is 2.28. The minimum atomic E-state index is 0.428. The fourth-order valence-corrected chi connectivity index (χ4v) is 1.50. The molecule has 1 aliphatic carbocycles. The molecule has 11 heavy (non-hydrogen) atoms. The zero-order valence-electron chi connectivity index (χ0n) is 7.64. The van der Waals surface area contributed by atoms with Crippen molar-refractivity contribution in [2.24, 2.45) is 11.7 Å². The van der Waals surface area contributed by atoms with Gasteiger partial charge in [0, 0.05) is 6.04 Å². The normalized spacial score (nSPS) is 24.4. The standard InChI is InChI=1S/C10H19N/c1-8(2)3-4-9-5-6-10(11)7-9/h5,8,10H,3-4,6-7,11H2,1-2H3. The molecule has 1 aliphatic rings. The minimum absolute atomic E-state index is 0.428. The van der Waals surface area contributed by atoms with Gasteiger partial charge in [0.1, 0.15) is 0 Å². The minimum Gasteiger partial charge on any atom is -0.327 e. The molecule has 1 atom stereocenters. The molecule has 1 nitrogen and oxygen atoms in total. The highest BCUT2D eigenvalue weighted by molar-refractivity contribution is 5.11. The van der Waals surface area contributed by atoms with Crippen LogP contribution in [0.5, 0.6) is 0 Å². The zero-order valence-corrected chi connectivity index (χ0v) is 7.64. The lowest BCUT2D eigenvalue weighted by atomic mass is 10.0. The fraction of sp³-hybridized carbons (Fsp3) is 0.800. The second kappa shape index (κ2) is 3.91. The summed E-state index contributed by atoms with van der Waals surface area (Å²) in [5.74, 6) is 0.827. The third-order valence-electron chi connectivity index (χ3n) is 2.28. The Morgan fingerprint density at radius 3 is 2.82 bits per heavy atom. The van der Waals surface area contributed by atoms with Crippen molar-refractivity contribution in [2.75, 3.05) is 0 Å². The van der Waals surface area contributed by atoms with Gasteiger partial charge >= 0.3 is 0 Å². The Morgan fingerprint density at radius 2 is 2.36 bits per heavy atom. The topological polar surface area (TPSA) is 26.0 Å². The van der Waals surface area contributed by atoms with Crippen LogP contribution in [0.1, 0.15) is 39.5 Å². The Labute approximate surface area is 69.7 Å². The Morgan fingerprint density at radius 1 is 1.64 bits per heavy atom. The molecule has 1 heteroatoms. The van der Waals surface area contributed by atoms with Gasteiger partial charge in [0.15, 0.2) is 0 Å². The summed E-state index contributed by atoms with van der Waals surface area (Å²) in [7, 11) is 0. The largest absolute Gasteiger partial charge is 0.327 e. The van der Waals surface area contributed by atoms with E-state index in [0.29, 0.717) is 6.04 Å². The highest BCUT2D eigenvalue weighted by Gasteiger charge is 2.12. The Bertz CT molecular complexity index is 147. The molecule has 0 aromatic rings. The molecule has 64 valence electrons. The molecular formula is C10H19N. The summed E-state index contributed by atoms with van der Waals surface area (Å²) in [6.45, 7) is 4.55. The van der Waals surface area contributed by atoms with E-state index >= 15 is 0 Å². The second-order valence-electron chi connectivity index (χ2n) is 3.99. The average molecular weight is 153 g/mol. The fourth-order valence-electron chi connectivity index (χ4n) is 1.50. The summed E-state index contributed by atoms with van der Waals surface area (Å²) in [4.78, 5) is 0. The SMILES string of the molecule is CC(C)CCC1=CCC(N)C1. The van der Waals surface area contributed by atoms with Crippen molar-refractivity contribution in [3.8, 4) is 0 Å². The van der Waals surface area contributed by atoms with Crippen molar-refractivity contribution in [1.82, 2.24) is 0 Å². The van der Waals surface area contributed by atoms with Gasteiger partial charge in [-0.3, -0.25) is 0 Å². The molecule has 0 aromatic heterocycles. The molecular weight excluding hydrogens is 134 g/mol. The lowest BCUT2D eigenvalue weighted by molar-refractivity contribution is 0.575. The molecule has 0 aliphatic heterocycles. The van der Waals surface area contributed by atoms with Crippen LogP contribution in [0.2, 0.25) is 0 Å². The van der Waals surface area contributed by atoms with Crippen molar-refractivity contribution in [3.05, 3.63) is 11.6 Å². The molecule has 1 rings (SSSR count). The number of hydrogen-bond acceptors (Lipinski definition) is 1. The first-order chi connectivity index (χ1) is 5.18. The lowest BCUT2D eigenvalue weighted by Gasteiger charge is -2.05. The van der Waals surface area contributed by atoms with Crippen molar-refractivity contribution in [3.63, 3.8) is 0 Å². The summed E-state index contributed by atoms with van der Waals surface area (Å²) in [5, 5.41) is 0. The van der Waals surface area contributed by atoms with Gasteiger partial charge in [-0.25, -0.2) is 0 Å². The molecule has 0 aromatic carbocycles. The Hall–Kier alpha value is -0.300. The van der Waals surface area contributed by atoms with E-state index in [9.17, 15) is 0 Å². The molecule has 0 saturated carbocycles. The predicted octanol–water partition coefficient (Wildman–Crippen LogP) is 2.47. The summed E-state index contributed by atoms with van der Waals surface area (Å²) in [5.41, 5.74) is 7.37. The Kier molecular flexibility index (Phi) is 3.13. The van der Waals surface area contributed by atoms with E-state index in [0.717, 1.165) is 18.8 Å². The summed E-state index contributed by atoms with van der Waals surface area (Å²) >= 11 is 0. The molecule has 0 heterocycles. The van der Waals surface area contributed by atoms with E-state index in [4.69, 9.17) is 5.73 Å². The van der Waals surface area contributed by atoms with Gasteiger partial charge in [-0.1, -0.05) is 25.5 Å². The first-order valence-corrected chi connectivity index (χ1v) is 4.62. The van der Waals surface area contributed by atoms with Crippen LogP contribution in [0.25, 0.3) is 0 Å². The van der Waals surface area contributed by atoms with E-state index in [2.05, 4.69) is 19.9 Å². The van der Waals surface area contributed by atoms with Crippen LogP contribution in [0.4, 0.5) is 0 Å². The van der Waals surface area contributed by atoms with Crippen LogP contribution in [-0.4, -0.2) is 6.04 Å². The lowest BCUT2D eigenvalue weighted by Crippen LogP contribution is -2.14. The molecule has 0 spiro atoms. The van der Waals surface area contributed by atoms with Crippen LogP contribution < -0.4 is 5.73 Å². The van der Waals surface area contributed by atoms with Crippen LogP contribution in [0, 0.1) is 5.92 Å². The maximum atomic E-state index is 5.78. The van der Waals surface area contributed by atoms with E-state index in [1.165, 1.54) is 12.8 Å². The molecule has 0 bridgehead atoms. The highest BCUT2D eigenvalue weighted by atomic mass is 14.6. The van der Waals surface area contributed by atoms with E-state index in [1.54, 1.807) is 5.57 Å². The summed E-state index contributed by atoms with van der Waals surface area (Å²) in [6, 6.07) is 0.428. The predicted molar refractivity (Wildman–Crippen MR) is 49.4 cm³/mol. The van der Waals surface area contributed by atoms with Gasteiger partial charge in [0.25, 0.3) is 0 Å². The monoisotopic (exact) mass is 153 g/mol. The molecule has 1 unspecified atom stereocenters. The van der Waals surface area contributed by atoms with Gasteiger partial charge in [-0.2, -0.15) is 0 Å². The van der Waals surface area contributed by atoms with Crippen LogP contribution in [-0.2, 0) is 0 Å². The summed E-state index contributed by atoms with van der Waals surface area (Å²) in [6.07, 6.45) is 7.16. The summed E-state index contributed by atoms with van der Waals surface area (Å²) < 4.78 is 0. The van der Waals surface area contributed by atoms with Gasteiger partial charge in [0.2, 0.25) is 0 Å². The van der Waals surface area contributed by atoms with Gasteiger partial charge in [0.05, 0.1) is 0 Å². The van der Waals surface area contributed by atoms with Crippen molar-refractivity contribution >= 4 is 0 Å². The molecule has 0 amide bonds. The maximum Gasteiger partial charge on any atom is 0.0111 e. The zero-order chi connectivity index (χ0) is 8.27. The van der Waals surface area contributed by atoms with Crippen LogP contribution in [0.3, 0.4) is 0 Å². The highest BCUT2D eigenvalue weighted by Crippen LogP contribution is 2.22. The first-order valence-electron chi connectivity index (χ1n) is 4.62. The number of hydrogen-bond donors (Lipinski definition) is 1. The van der Waals surface area contributed by atoms with Crippen molar-refractivity contribution < 1.29 is 0 Å². The van der Waals surface area contributed by atoms with Crippen molar-refractivity contribution in [1.29, 1.82) is 0 Å². The van der Waals surface area contributed by atoms with E-state index in [-0.39, 0.29) is 0 Å². The smallest absolute Gasteiger partial charge is 0.0111 e. The molecule has 0 radical (unpaired) electrons. The average Bonchev–Trinajstić information content (AvgIpc) is 2.31. The maximum absolute atomic E-state index is 5.78. The number of rotatable bonds is 3. The first kappa shape index (κ1) is 8.79. The van der Waals surface area contributed by atoms with Gasteiger partial charge < -0.3 is 5.73 Å². The van der Waals surface area contributed by atoms with E-state index in [1.807, 2.05) is 0 Å². The van der Waals surface area contributed by atoms with Crippen LogP contribution in [0.15, 0.2) is 11.6 Å². The molecule has 0 saturated heterocycles. The second-order valence-corrected chi connectivity index (χ2v) is 3.99. The van der Waals surface area contributed by atoms with Gasteiger partial charge in [-0.15, -0.1) is 0 Å². The Balaban J connectivity index is 2.18. The third kappa shape index (κ3) is 3.06. The van der Waals surface area contributed by atoms with E-state index < -0.39 is 0 Å². The molecule has 2 N–H and O–H groups in total.